The van der Waals surface area contributed by atoms with E-state index in [9.17, 15) is 4.79 Å². The van der Waals surface area contributed by atoms with Crippen LogP contribution < -0.4 is 4.74 Å². The quantitative estimate of drug-likeness (QED) is 0.583. The number of ether oxygens (including phenoxy) is 1. The number of halogens is 1. The lowest BCUT2D eigenvalue weighted by molar-refractivity contribution is -0.108. The molecule has 0 saturated heterocycles. The lowest BCUT2D eigenvalue weighted by Crippen LogP contribution is -2.03. The van der Waals surface area contributed by atoms with E-state index in [4.69, 9.17) is 4.74 Å². The first-order chi connectivity index (χ1) is 9.74. The van der Waals surface area contributed by atoms with Crippen LogP contribution in [0.5, 0.6) is 5.75 Å². The molecule has 0 heterocycles. The second-order valence-electron chi connectivity index (χ2n) is 4.70. The topological polar surface area (TPSA) is 26.3 Å². The van der Waals surface area contributed by atoms with Crippen molar-refractivity contribution in [2.45, 2.75) is 19.4 Å². The Kier molecular flexibility index (Phi) is 5.36. The van der Waals surface area contributed by atoms with Gasteiger partial charge in [0.25, 0.3) is 0 Å². The highest BCUT2D eigenvalue weighted by atomic mass is 79.9. The van der Waals surface area contributed by atoms with Gasteiger partial charge in [-0.2, -0.15) is 0 Å². The Balaban J connectivity index is 2.08. The summed E-state index contributed by atoms with van der Waals surface area (Å²) in [5.74, 6) is 0.758. The molecule has 0 aliphatic rings. The zero-order chi connectivity index (χ0) is 14.4. The van der Waals surface area contributed by atoms with Crippen molar-refractivity contribution < 1.29 is 9.53 Å². The minimum absolute atomic E-state index is 0.100. The Hall–Kier alpha value is -1.61. The van der Waals surface area contributed by atoms with E-state index in [1.165, 1.54) is 0 Å². The van der Waals surface area contributed by atoms with Crippen LogP contribution >= 0.6 is 15.9 Å². The van der Waals surface area contributed by atoms with E-state index in [-0.39, 0.29) is 5.92 Å². The third-order valence-electron chi connectivity index (χ3n) is 3.19. The van der Waals surface area contributed by atoms with Crippen LogP contribution in [0.4, 0.5) is 0 Å². The number of carbonyl (C=O) groups excluding carboxylic acids is 1. The monoisotopic (exact) mass is 332 g/mol. The smallest absolute Gasteiger partial charge is 0.128 e. The van der Waals surface area contributed by atoms with Crippen LogP contribution in [0.2, 0.25) is 0 Å². The molecule has 2 aromatic rings. The highest BCUT2D eigenvalue weighted by Crippen LogP contribution is 2.24. The van der Waals surface area contributed by atoms with Gasteiger partial charge in [-0.1, -0.05) is 58.4 Å². The summed E-state index contributed by atoms with van der Waals surface area (Å²) in [4.78, 5) is 11.0. The Bertz CT molecular complexity index is 566. The number of hydrogen-bond acceptors (Lipinski definition) is 2. The largest absolute Gasteiger partial charge is 0.489 e. The summed E-state index contributed by atoms with van der Waals surface area (Å²) in [5.41, 5.74) is 3.20. The fourth-order valence-corrected chi connectivity index (χ4v) is 2.53. The predicted octanol–water partition coefficient (Wildman–Crippen LogP) is 4.25. The van der Waals surface area contributed by atoms with Crippen LogP contribution in [0.1, 0.15) is 22.6 Å². The van der Waals surface area contributed by atoms with Crippen LogP contribution in [-0.4, -0.2) is 11.6 Å². The molecule has 20 heavy (non-hydrogen) atoms. The van der Waals surface area contributed by atoms with E-state index in [0.29, 0.717) is 11.9 Å². The maximum Gasteiger partial charge on any atom is 0.128 e. The second-order valence-corrected chi connectivity index (χ2v) is 5.34. The van der Waals surface area contributed by atoms with Crippen molar-refractivity contribution in [3.8, 4) is 5.75 Å². The molecule has 1 unspecified atom stereocenters. The van der Waals surface area contributed by atoms with Gasteiger partial charge in [0.15, 0.2) is 0 Å². The average molecular weight is 333 g/mol. The third-order valence-corrected chi connectivity index (χ3v) is 3.89. The van der Waals surface area contributed by atoms with Crippen molar-refractivity contribution >= 4 is 22.2 Å². The molecule has 0 spiro atoms. The predicted molar refractivity (Wildman–Crippen MR) is 84.6 cm³/mol. The summed E-state index contributed by atoms with van der Waals surface area (Å²) < 4.78 is 5.82. The number of alkyl halides is 1. The Morgan fingerprint density at radius 2 is 1.95 bits per heavy atom. The van der Waals surface area contributed by atoms with E-state index in [1.54, 1.807) is 0 Å². The number of rotatable bonds is 6. The maximum atomic E-state index is 11.0. The fourth-order valence-electron chi connectivity index (χ4n) is 2.00. The average Bonchev–Trinajstić information content (AvgIpc) is 2.49. The first kappa shape index (κ1) is 14.8. The summed E-state index contributed by atoms with van der Waals surface area (Å²) in [5, 5.41) is 0.639. The SMILES string of the molecule is Cc1cc(C(C=O)CBr)ccc1OCc1ccccc1. The molecule has 2 aromatic carbocycles. The van der Waals surface area contributed by atoms with Crippen molar-refractivity contribution in [3.05, 3.63) is 65.2 Å². The van der Waals surface area contributed by atoms with Crippen LogP contribution in [0.25, 0.3) is 0 Å². The van der Waals surface area contributed by atoms with Gasteiger partial charge in [-0.15, -0.1) is 0 Å². The molecule has 0 radical (unpaired) electrons. The second kappa shape index (κ2) is 7.25. The lowest BCUT2D eigenvalue weighted by Gasteiger charge is -2.13. The Morgan fingerprint density at radius 1 is 1.20 bits per heavy atom. The van der Waals surface area contributed by atoms with Crippen molar-refractivity contribution in [3.63, 3.8) is 0 Å². The standard InChI is InChI=1S/C17H17BrO2/c1-13-9-15(16(10-18)11-19)7-8-17(13)20-12-14-5-3-2-4-6-14/h2-9,11,16H,10,12H2,1H3. The zero-order valence-corrected chi connectivity index (χ0v) is 13.0. The van der Waals surface area contributed by atoms with Crippen LogP contribution in [0.15, 0.2) is 48.5 Å². The number of aryl methyl sites for hydroxylation is 1. The van der Waals surface area contributed by atoms with E-state index in [0.717, 1.165) is 28.7 Å². The molecule has 1 atom stereocenters. The van der Waals surface area contributed by atoms with Crippen LogP contribution in [0, 0.1) is 6.92 Å². The molecular weight excluding hydrogens is 316 g/mol. The Morgan fingerprint density at radius 3 is 2.55 bits per heavy atom. The molecule has 0 aliphatic heterocycles. The van der Waals surface area contributed by atoms with E-state index < -0.39 is 0 Å². The first-order valence-corrected chi connectivity index (χ1v) is 7.65. The van der Waals surface area contributed by atoms with Gasteiger partial charge in [0, 0.05) is 11.2 Å². The number of aldehydes is 1. The van der Waals surface area contributed by atoms with E-state index in [2.05, 4.69) is 15.9 Å². The normalized spacial score (nSPS) is 11.9. The summed E-state index contributed by atoms with van der Waals surface area (Å²) in [7, 11) is 0. The van der Waals surface area contributed by atoms with Crippen LogP contribution in [0.3, 0.4) is 0 Å². The highest BCUT2D eigenvalue weighted by Gasteiger charge is 2.10. The molecule has 0 aliphatic carbocycles. The van der Waals surface area contributed by atoms with Gasteiger partial charge in [0.05, 0.1) is 0 Å². The molecule has 0 aromatic heterocycles. The number of benzene rings is 2. The maximum absolute atomic E-state index is 11.0. The Labute approximate surface area is 127 Å². The minimum atomic E-state index is -0.100. The molecule has 104 valence electrons. The van der Waals surface area contributed by atoms with Gasteiger partial charge in [-0.05, 0) is 29.7 Å². The van der Waals surface area contributed by atoms with Crippen molar-refractivity contribution in [2.24, 2.45) is 0 Å². The summed E-state index contributed by atoms with van der Waals surface area (Å²) in [6.07, 6.45) is 0.966. The summed E-state index contributed by atoms with van der Waals surface area (Å²) >= 11 is 3.35. The summed E-state index contributed by atoms with van der Waals surface area (Å²) in [6.45, 7) is 2.55. The molecule has 2 nitrogen and oxygen atoms in total. The van der Waals surface area contributed by atoms with Crippen molar-refractivity contribution in [1.29, 1.82) is 0 Å². The van der Waals surface area contributed by atoms with Gasteiger partial charge in [0.2, 0.25) is 0 Å². The van der Waals surface area contributed by atoms with Crippen molar-refractivity contribution in [1.82, 2.24) is 0 Å². The molecule has 0 amide bonds. The van der Waals surface area contributed by atoms with E-state index >= 15 is 0 Å². The minimum Gasteiger partial charge on any atom is -0.489 e. The molecule has 0 N–H and O–H groups in total. The van der Waals surface area contributed by atoms with Crippen molar-refractivity contribution in [2.75, 3.05) is 5.33 Å². The molecule has 3 heteroatoms. The first-order valence-electron chi connectivity index (χ1n) is 6.53. The fraction of sp³-hybridized carbons (Fsp3) is 0.235. The molecule has 2 rings (SSSR count). The number of carbonyl (C=O) groups is 1. The highest BCUT2D eigenvalue weighted by molar-refractivity contribution is 9.09. The van der Waals surface area contributed by atoms with Gasteiger partial charge in [0.1, 0.15) is 18.6 Å². The molecule has 0 bridgehead atoms. The van der Waals surface area contributed by atoms with Gasteiger partial charge >= 0.3 is 0 Å². The van der Waals surface area contributed by atoms with Gasteiger partial charge in [-0.3, -0.25) is 0 Å². The van der Waals surface area contributed by atoms with Crippen LogP contribution in [-0.2, 0) is 11.4 Å². The van der Waals surface area contributed by atoms with E-state index in [1.807, 2.05) is 55.5 Å². The summed E-state index contributed by atoms with van der Waals surface area (Å²) in [6, 6.07) is 16.0. The molecular formula is C17H17BrO2. The third kappa shape index (κ3) is 3.70. The molecule has 0 saturated carbocycles. The zero-order valence-electron chi connectivity index (χ0n) is 11.4. The van der Waals surface area contributed by atoms with Gasteiger partial charge in [-0.25, -0.2) is 0 Å². The molecule has 0 fully saturated rings. The lowest BCUT2D eigenvalue weighted by atomic mass is 10.0. The van der Waals surface area contributed by atoms with Gasteiger partial charge < -0.3 is 9.53 Å². The number of hydrogen-bond donors (Lipinski definition) is 0.